The summed E-state index contributed by atoms with van der Waals surface area (Å²) in [7, 11) is 0. The number of rotatable bonds is 10. The fraction of sp³-hybridized carbons (Fsp3) is 0.206. The van der Waals surface area contributed by atoms with Crippen LogP contribution in [0.4, 0.5) is 4.39 Å². The zero-order valence-electron chi connectivity index (χ0n) is 23.3. The summed E-state index contributed by atoms with van der Waals surface area (Å²) in [6, 6.07) is 15.0. The van der Waals surface area contributed by atoms with Gasteiger partial charge in [0.1, 0.15) is 23.9 Å². The Balaban J connectivity index is 1.65. The van der Waals surface area contributed by atoms with Crippen molar-refractivity contribution < 1.29 is 33.0 Å². The average molecular weight is 555 g/mol. The maximum absolute atomic E-state index is 15.6. The van der Waals surface area contributed by atoms with E-state index in [2.05, 4.69) is 19.7 Å². The van der Waals surface area contributed by atoms with Crippen LogP contribution in [0, 0.1) is 5.82 Å². The molecule has 0 aliphatic heterocycles. The molecule has 0 aromatic heterocycles. The molecule has 0 spiro atoms. The lowest BCUT2D eigenvalue weighted by atomic mass is 9.96. The van der Waals surface area contributed by atoms with Gasteiger partial charge in [0.05, 0.1) is 6.10 Å². The molecular weight excluding hydrogens is 523 g/mol. The minimum Gasteiger partial charge on any atom is -0.423 e. The highest BCUT2D eigenvalue weighted by molar-refractivity contribution is 5.95. The third kappa shape index (κ3) is 6.76. The van der Waals surface area contributed by atoms with E-state index in [9.17, 15) is 14.4 Å². The van der Waals surface area contributed by atoms with Gasteiger partial charge in [0, 0.05) is 28.3 Å². The lowest BCUT2D eigenvalue weighted by Crippen LogP contribution is -2.12. The van der Waals surface area contributed by atoms with Crippen LogP contribution < -0.4 is 9.47 Å². The van der Waals surface area contributed by atoms with E-state index in [-0.39, 0.29) is 46.7 Å². The molecule has 0 saturated carbocycles. The van der Waals surface area contributed by atoms with Gasteiger partial charge in [0.25, 0.3) is 0 Å². The van der Waals surface area contributed by atoms with E-state index < -0.39 is 17.8 Å². The second-order valence-corrected chi connectivity index (χ2v) is 10.1. The molecule has 4 rings (SSSR count). The van der Waals surface area contributed by atoms with Crippen LogP contribution in [0.3, 0.4) is 0 Å². The lowest BCUT2D eigenvalue weighted by Gasteiger charge is -2.15. The van der Waals surface area contributed by atoms with Crippen LogP contribution in [-0.4, -0.2) is 24.3 Å². The van der Waals surface area contributed by atoms with E-state index in [4.69, 9.17) is 14.2 Å². The molecule has 0 bridgehead atoms. The van der Waals surface area contributed by atoms with E-state index in [1.54, 1.807) is 19.1 Å². The molecule has 3 aromatic rings. The molecule has 6 nitrogen and oxygen atoms in total. The number of carbonyl (C=O) groups is 3. The number of hydrogen-bond acceptors (Lipinski definition) is 6. The van der Waals surface area contributed by atoms with Gasteiger partial charge < -0.3 is 14.2 Å². The highest BCUT2D eigenvalue weighted by Gasteiger charge is 2.25. The van der Waals surface area contributed by atoms with Crippen molar-refractivity contribution in [1.29, 1.82) is 0 Å². The summed E-state index contributed by atoms with van der Waals surface area (Å²) in [6.07, 6.45) is 1.37. The Hall–Kier alpha value is -4.62. The summed E-state index contributed by atoms with van der Waals surface area (Å²) >= 11 is 0. The number of fused-ring (bicyclic) bond motifs is 1. The van der Waals surface area contributed by atoms with Gasteiger partial charge >= 0.3 is 11.9 Å². The number of ether oxygens (including phenoxy) is 3. The topological polar surface area (TPSA) is 78.9 Å². The number of hydrogen-bond donors (Lipinski definition) is 0. The first-order valence-electron chi connectivity index (χ1n) is 13.1. The summed E-state index contributed by atoms with van der Waals surface area (Å²) in [5, 5.41) is 0. The predicted molar refractivity (Wildman–Crippen MR) is 155 cm³/mol. The van der Waals surface area contributed by atoms with Crippen LogP contribution in [0.15, 0.2) is 91.1 Å². The standard InChI is InChI=1S/C34H31FO6/c1-19(2)30(36)18-39-31-14-10-22-7-8-23(15-28(22)31)24-9-12-26(29(35)16-24)27-13-11-25(40-33(37)20(3)4)17-32(27)41-34(38)21(5)6/h7-9,11-13,15-17,31H,1,3,5,10,14,18H2,2,4,6H3. The van der Waals surface area contributed by atoms with Crippen molar-refractivity contribution in [2.45, 2.75) is 39.7 Å². The van der Waals surface area contributed by atoms with Crippen LogP contribution in [0.5, 0.6) is 11.5 Å². The average Bonchev–Trinajstić information content (AvgIpc) is 3.34. The largest absolute Gasteiger partial charge is 0.423 e. The number of aryl methyl sites for hydroxylation is 1. The second-order valence-electron chi connectivity index (χ2n) is 10.1. The first kappa shape index (κ1) is 29.4. The number of ketones is 1. The highest BCUT2D eigenvalue weighted by Crippen LogP contribution is 2.39. The third-order valence-electron chi connectivity index (χ3n) is 6.72. The number of esters is 2. The Morgan fingerprint density at radius 2 is 1.44 bits per heavy atom. The molecule has 0 amide bonds. The van der Waals surface area contributed by atoms with E-state index in [0.717, 1.165) is 29.5 Å². The lowest BCUT2D eigenvalue weighted by molar-refractivity contribution is -0.130. The van der Waals surface area contributed by atoms with Gasteiger partial charge in [-0.2, -0.15) is 0 Å². The molecule has 210 valence electrons. The highest BCUT2D eigenvalue weighted by atomic mass is 19.1. The van der Waals surface area contributed by atoms with Crippen LogP contribution in [-0.2, 0) is 25.5 Å². The molecule has 0 radical (unpaired) electrons. The monoisotopic (exact) mass is 554 g/mol. The number of benzene rings is 3. The summed E-state index contributed by atoms with van der Waals surface area (Å²) in [6.45, 7) is 15.4. The molecule has 0 fully saturated rings. The molecule has 0 heterocycles. The molecule has 3 aromatic carbocycles. The van der Waals surface area contributed by atoms with Gasteiger partial charge in [0.2, 0.25) is 0 Å². The Kier molecular flexibility index (Phi) is 8.79. The van der Waals surface area contributed by atoms with Gasteiger partial charge in [-0.25, -0.2) is 14.0 Å². The van der Waals surface area contributed by atoms with E-state index >= 15 is 4.39 Å². The molecule has 1 aliphatic carbocycles. The molecule has 1 aliphatic rings. The SMILES string of the molecule is C=C(C)C(=O)COC1CCc2ccc(-c3ccc(-c4ccc(OC(=O)C(=C)C)cc4OC(=O)C(=C)C)c(F)c3)cc21. The van der Waals surface area contributed by atoms with Crippen LogP contribution >= 0.6 is 0 Å². The maximum atomic E-state index is 15.6. The van der Waals surface area contributed by atoms with Gasteiger partial charge in [-0.15, -0.1) is 0 Å². The Bertz CT molecular complexity index is 1600. The summed E-state index contributed by atoms with van der Waals surface area (Å²) < 4.78 is 32.2. The van der Waals surface area contributed by atoms with Crippen molar-refractivity contribution >= 4 is 17.7 Å². The molecule has 1 atom stereocenters. The normalized spacial score (nSPS) is 13.7. The number of carbonyl (C=O) groups excluding carboxylic acids is 3. The second kappa shape index (κ2) is 12.3. The van der Waals surface area contributed by atoms with Crippen molar-refractivity contribution in [1.82, 2.24) is 0 Å². The molecule has 0 saturated heterocycles. The summed E-state index contributed by atoms with van der Waals surface area (Å²) in [5.41, 5.74) is 4.84. The summed E-state index contributed by atoms with van der Waals surface area (Å²) in [4.78, 5) is 36.3. The first-order valence-corrected chi connectivity index (χ1v) is 13.1. The first-order chi connectivity index (χ1) is 19.4. The van der Waals surface area contributed by atoms with Gasteiger partial charge in [-0.1, -0.05) is 44.0 Å². The zero-order chi connectivity index (χ0) is 29.8. The minimum atomic E-state index is -0.702. The van der Waals surface area contributed by atoms with Crippen LogP contribution in [0.1, 0.15) is 44.4 Å². The molecule has 41 heavy (non-hydrogen) atoms. The molecule has 0 N–H and O–H groups in total. The van der Waals surface area contributed by atoms with Crippen molar-refractivity contribution in [2.75, 3.05) is 6.61 Å². The zero-order valence-corrected chi connectivity index (χ0v) is 23.3. The van der Waals surface area contributed by atoms with Crippen molar-refractivity contribution in [3.05, 3.63) is 108 Å². The molecular formula is C34H31FO6. The smallest absolute Gasteiger partial charge is 0.338 e. The van der Waals surface area contributed by atoms with E-state index in [1.165, 1.54) is 38.1 Å². The van der Waals surface area contributed by atoms with Crippen LogP contribution in [0.25, 0.3) is 22.3 Å². The number of Topliss-reactive ketones (excluding diaryl/α,β-unsaturated/α-hetero) is 1. The summed E-state index contributed by atoms with van der Waals surface area (Å²) in [5.74, 6) is -1.90. The Morgan fingerprint density at radius 1 is 0.805 bits per heavy atom. The maximum Gasteiger partial charge on any atom is 0.338 e. The van der Waals surface area contributed by atoms with Gasteiger partial charge in [-0.3, -0.25) is 4.79 Å². The van der Waals surface area contributed by atoms with Gasteiger partial charge in [-0.05, 0) is 85.7 Å². The van der Waals surface area contributed by atoms with Crippen molar-refractivity contribution in [2.24, 2.45) is 0 Å². The fourth-order valence-corrected chi connectivity index (χ4v) is 4.38. The number of halogens is 1. The van der Waals surface area contributed by atoms with Crippen LogP contribution in [0.2, 0.25) is 0 Å². The quantitative estimate of drug-likeness (QED) is 0.149. The predicted octanol–water partition coefficient (Wildman–Crippen LogP) is 7.27. The minimum absolute atomic E-state index is 0.0125. The fourth-order valence-electron chi connectivity index (χ4n) is 4.38. The van der Waals surface area contributed by atoms with Gasteiger partial charge in [0.15, 0.2) is 5.78 Å². The van der Waals surface area contributed by atoms with Crippen molar-refractivity contribution in [3.63, 3.8) is 0 Å². The molecule has 1 unspecified atom stereocenters. The van der Waals surface area contributed by atoms with E-state index in [0.29, 0.717) is 16.7 Å². The third-order valence-corrected chi connectivity index (χ3v) is 6.72. The van der Waals surface area contributed by atoms with E-state index in [1.807, 2.05) is 18.2 Å². The van der Waals surface area contributed by atoms with Crippen molar-refractivity contribution in [3.8, 4) is 33.8 Å². The Morgan fingerprint density at radius 3 is 2.10 bits per heavy atom. The molecule has 7 heteroatoms. The Labute approximate surface area is 238 Å².